The number of carbonyl (C=O) groups is 3. The molecule has 6 nitrogen and oxygen atoms in total. The van der Waals surface area contributed by atoms with E-state index in [1.807, 2.05) is 20.8 Å². The molecule has 0 saturated heterocycles. The topological polar surface area (TPSA) is 112 Å². The van der Waals surface area contributed by atoms with Gasteiger partial charge in [-0.25, -0.2) is 0 Å². The molecule has 0 heterocycles. The van der Waals surface area contributed by atoms with Crippen LogP contribution < -0.4 is 0 Å². The Morgan fingerprint density at radius 3 is 2.24 bits per heavy atom. The number of allylic oxidation sites excluding steroid dienone is 1. The molecule has 0 bridgehead atoms. The maximum absolute atomic E-state index is 13.7. The van der Waals surface area contributed by atoms with Gasteiger partial charge >= 0.3 is 0 Å². The first-order chi connectivity index (χ1) is 13.3. The van der Waals surface area contributed by atoms with Crippen molar-refractivity contribution in [1.29, 1.82) is 0 Å². The summed E-state index contributed by atoms with van der Waals surface area (Å²) in [5.74, 6) is -1.87. The van der Waals surface area contributed by atoms with Crippen molar-refractivity contribution < 1.29 is 29.7 Å². The second-order valence-corrected chi connectivity index (χ2v) is 11.0. The van der Waals surface area contributed by atoms with E-state index in [1.54, 1.807) is 19.9 Å². The number of rotatable bonds is 1. The van der Waals surface area contributed by atoms with Crippen LogP contribution in [0.4, 0.5) is 0 Å². The summed E-state index contributed by atoms with van der Waals surface area (Å²) in [5.41, 5.74) is -2.60. The molecule has 160 valence electrons. The van der Waals surface area contributed by atoms with Gasteiger partial charge in [0.05, 0.1) is 12.2 Å². The molecular formula is C23H32O6. The zero-order chi connectivity index (χ0) is 21.7. The van der Waals surface area contributed by atoms with Crippen LogP contribution in [-0.4, -0.2) is 51.5 Å². The third kappa shape index (κ3) is 2.20. The summed E-state index contributed by atoms with van der Waals surface area (Å²) in [4.78, 5) is 38.2. The summed E-state index contributed by atoms with van der Waals surface area (Å²) in [6.07, 6.45) is 0.123. The fourth-order valence-electron chi connectivity index (χ4n) is 7.77. The second kappa shape index (κ2) is 5.86. The Morgan fingerprint density at radius 2 is 1.66 bits per heavy atom. The van der Waals surface area contributed by atoms with Crippen LogP contribution in [0, 0.1) is 39.4 Å². The lowest BCUT2D eigenvalue weighted by Gasteiger charge is -2.64. The molecule has 0 aromatic rings. The van der Waals surface area contributed by atoms with E-state index >= 15 is 0 Å². The molecule has 9 atom stereocenters. The van der Waals surface area contributed by atoms with Gasteiger partial charge in [-0.15, -0.1) is 0 Å². The predicted molar refractivity (Wildman–Crippen MR) is 105 cm³/mol. The smallest absolute Gasteiger partial charge is 0.170 e. The fourth-order valence-corrected chi connectivity index (χ4v) is 7.77. The average Bonchev–Trinajstić information content (AvgIpc) is 2.80. The Morgan fingerprint density at radius 1 is 1.03 bits per heavy atom. The largest absolute Gasteiger partial charge is 0.392 e. The van der Waals surface area contributed by atoms with E-state index in [4.69, 9.17) is 0 Å². The highest BCUT2D eigenvalue weighted by Crippen LogP contribution is 2.72. The van der Waals surface area contributed by atoms with Crippen molar-refractivity contribution in [3.05, 3.63) is 11.6 Å². The summed E-state index contributed by atoms with van der Waals surface area (Å²) >= 11 is 0. The van der Waals surface area contributed by atoms with E-state index in [0.717, 1.165) is 11.9 Å². The van der Waals surface area contributed by atoms with Gasteiger partial charge in [-0.05, 0) is 43.4 Å². The van der Waals surface area contributed by atoms with Gasteiger partial charge in [0.15, 0.2) is 5.78 Å². The van der Waals surface area contributed by atoms with Crippen molar-refractivity contribution in [2.75, 3.05) is 0 Å². The van der Waals surface area contributed by atoms with Crippen LogP contribution in [0.15, 0.2) is 11.6 Å². The molecule has 0 aromatic heterocycles. The quantitative estimate of drug-likeness (QED) is 0.451. The minimum Gasteiger partial charge on any atom is -0.392 e. The molecule has 4 rings (SSSR count). The Balaban J connectivity index is 1.93. The van der Waals surface area contributed by atoms with Crippen molar-refractivity contribution in [3.8, 4) is 0 Å². The molecule has 3 saturated carbocycles. The summed E-state index contributed by atoms with van der Waals surface area (Å²) in [6, 6.07) is 0. The zero-order valence-corrected chi connectivity index (χ0v) is 17.8. The third-order valence-corrected chi connectivity index (χ3v) is 9.59. The standard InChI is InChI=1S/C23H32O6/c1-20(2)11-6-14(25)18-22(4)8-16(27)13(10-24)21(22,3)9-17(28)23(18,5)12(11)7-15(26)19(20)29/h6,10,12-16,18,25-27H,7-9H2,1-5H3/t12-,13+,14+,15+,16-,18+,21-,22+,23-/m1/s1. The SMILES string of the molecule is CC1(C)C(=O)[C@@H](O)C[C@@H]2C1=C[C@H](O)[C@@H]1[C@@]2(C)C(=O)C[C@]2(C)[C@@H](C=O)[C@H](O)C[C@@]12C. The molecule has 4 aliphatic carbocycles. The molecule has 6 heteroatoms. The van der Waals surface area contributed by atoms with Crippen molar-refractivity contribution in [1.82, 2.24) is 0 Å². The highest BCUT2D eigenvalue weighted by Gasteiger charge is 2.73. The molecule has 0 aromatic carbocycles. The van der Waals surface area contributed by atoms with Crippen LogP contribution in [0.1, 0.15) is 53.9 Å². The van der Waals surface area contributed by atoms with Crippen molar-refractivity contribution >= 4 is 17.9 Å². The van der Waals surface area contributed by atoms with Gasteiger partial charge in [0, 0.05) is 29.1 Å². The van der Waals surface area contributed by atoms with Crippen LogP contribution in [0.3, 0.4) is 0 Å². The molecule has 0 unspecified atom stereocenters. The molecule has 29 heavy (non-hydrogen) atoms. The molecule has 0 amide bonds. The molecule has 0 spiro atoms. The van der Waals surface area contributed by atoms with E-state index in [2.05, 4.69) is 0 Å². The summed E-state index contributed by atoms with van der Waals surface area (Å²) in [6.45, 7) is 9.20. The van der Waals surface area contributed by atoms with Crippen LogP contribution in [0.25, 0.3) is 0 Å². The van der Waals surface area contributed by atoms with Crippen molar-refractivity contribution in [3.63, 3.8) is 0 Å². The first-order valence-electron chi connectivity index (χ1n) is 10.6. The Hall–Kier alpha value is -1.37. The zero-order valence-electron chi connectivity index (χ0n) is 17.8. The van der Waals surface area contributed by atoms with Gasteiger partial charge in [0.25, 0.3) is 0 Å². The fraction of sp³-hybridized carbons (Fsp3) is 0.783. The van der Waals surface area contributed by atoms with Crippen LogP contribution >= 0.6 is 0 Å². The number of aldehydes is 1. The van der Waals surface area contributed by atoms with Gasteiger partial charge in [0.1, 0.15) is 18.2 Å². The maximum atomic E-state index is 13.7. The molecule has 0 radical (unpaired) electrons. The monoisotopic (exact) mass is 404 g/mol. The summed E-state index contributed by atoms with van der Waals surface area (Å²) < 4.78 is 0. The lowest BCUT2D eigenvalue weighted by atomic mass is 9.38. The van der Waals surface area contributed by atoms with E-state index in [1.165, 1.54) is 0 Å². The molecule has 3 fully saturated rings. The molecular weight excluding hydrogens is 372 g/mol. The number of aliphatic hydroxyl groups is 3. The number of fused-ring (bicyclic) bond motifs is 5. The molecule has 4 aliphatic rings. The summed E-state index contributed by atoms with van der Waals surface area (Å²) in [7, 11) is 0. The number of carbonyl (C=O) groups excluding carboxylic acids is 3. The van der Waals surface area contributed by atoms with Gasteiger partial charge in [-0.2, -0.15) is 0 Å². The van der Waals surface area contributed by atoms with E-state index in [9.17, 15) is 29.7 Å². The minimum absolute atomic E-state index is 0.0598. The number of hydrogen-bond acceptors (Lipinski definition) is 6. The van der Waals surface area contributed by atoms with Gasteiger partial charge in [-0.1, -0.05) is 32.4 Å². The number of Topliss-reactive ketones (excluding diaryl/α,β-unsaturated/α-hetero) is 2. The number of hydrogen-bond donors (Lipinski definition) is 3. The number of aliphatic hydroxyl groups excluding tert-OH is 3. The lowest BCUT2D eigenvalue weighted by molar-refractivity contribution is -0.185. The third-order valence-electron chi connectivity index (χ3n) is 9.59. The number of ketones is 2. The molecule has 0 aliphatic heterocycles. The van der Waals surface area contributed by atoms with E-state index in [-0.39, 0.29) is 30.3 Å². The van der Waals surface area contributed by atoms with Crippen molar-refractivity contribution in [2.45, 2.75) is 72.2 Å². The van der Waals surface area contributed by atoms with Crippen LogP contribution in [0.5, 0.6) is 0 Å². The Kier molecular flexibility index (Phi) is 4.22. The van der Waals surface area contributed by atoms with E-state index < -0.39 is 51.8 Å². The van der Waals surface area contributed by atoms with E-state index in [0.29, 0.717) is 6.42 Å². The predicted octanol–water partition coefficient (Wildman–Crippen LogP) is 1.45. The Labute approximate surface area is 171 Å². The summed E-state index contributed by atoms with van der Waals surface area (Å²) in [5, 5.41) is 32.5. The van der Waals surface area contributed by atoms with Gasteiger partial charge in [0.2, 0.25) is 0 Å². The minimum atomic E-state index is -1.15. The molecule has 3 N–H and O–H groups in total. The van der Waals surface area contributed by atoms with Crippen LogP contribution in [0.2, 0.25) is 0 Å². The van der Waals surface area contributed by atoms with Crippen molar-refractivity contribution in [2.24, 2.45) is 39.4 Å². The maximum Gasteiger partial charge on any atom is 0.170 e. The first-order valence-corrected chi connectivity index (χ1v) is 10.6. The highest BCUT2D eigenvalue weighted by atomic mass is 16.3. The highest BCUT2D eigenvalue weighted by molar-refractivity contribution is 5.95. The van der Waals surface area contributed by atoms with Crippen LogP contribution in [-0.2, 0) is 14.4 Å². The Bertz CT molecular complexity index is 829. The average molecular weight is 405 g/mol. The van der Waals surface area contributed by atoms with Gasteiger partial charge < -0.3 is 20.1 Å². The second-order valence-electron chi connectivity index (χ2n) is 11.0. The van der Waals surface area contributed by atoms with Gasteiger partial charge in [-0.3, -0.25) is 9.59 Å². The normalized spacial score (nSPS) is 53.6. The lowest BCUT2D eigenvalue weighted by Crippen LogP contribution is -2.66. The first kappa shape index (κ1) is 20.9.